The molecule has 1 N–H and O–H groups in total. The van der Waals surface area contributed by atoms with Crippen LogP contribution in [0.25, 0.3) is 0 Å². The van der Waals surface area contributed by atoms with Gasteiger partial charge in [0.15, 0.2) is 0 Å². The number of nitrogens with zero attached hydrogens (tertiary/aromatic N) is 3. The largest absolute Gasteiger partial charge is 0.352 e. The number of carbonyl (C=O) groups is 2. The second kappa shape index (κ2) is 13.8. The zero-order chi connectivity index (χ0) is 30.2. The summed E-state index contributed by atoms with van der Waals surface area (Å²) in [6.45, 7) is 2.62. The van der Waals surface area contributed by atoms with Gasteiger partial charge in [-0.1, -0.05) is 61.5 Å². The van der Waals surface area contributed by atoms with Crippen molar-refractivity contribution in [2.24, 2.45) is 0 Å². The normalized spacial score (nSPS) is 12.7. The molecule has 2 amide bonds. The maximum atomic E-state index is 14.8. The topological polar surface area (TPSA) is 130 Å². The number of nitrogens with one attached hydrogen (secondary N) is 1. The summed E-state index contributed by atoms with van der Waals surface area (Å²) in [4.78, 5) is 39.4. The highest BCUT2D eigenvalue weighted by molar-refractivity contribution is 7.92. The summed E-state index contributed by atoms with van der Waals surface area (Å²) in [7, 11) is -4.11. The van der Waals surface area contributed by atoms with E-state index < -0.39 is 45.2 Å². The van der Waals surface area contributed by atoms with E-state index in [0.29, 0.717) is 6.42 Å². The Labute approximate surface area is 239 Å². The highest BCUT2D eigenvalue weighted by Crippen LogP contribution is 2.24. The maximum absolute atomic E-state index is 14.8. The monoisotopic (exact) mass is 584 g/mol. The lowest BCUT2D eigenvalue weighted by Gasteiger charge is -2.34. The van der Waals surface area contributed by atoms with Crippen molar-refractivity contribution in [2.75, 3.05) is 17.1 Å². The lowest BCUT2D eigenvalue weighted by molar-refractivity contribution is -0.384. The molecule has 12 heteroatoms. The SMILES string of the molecule is CC[C@@H](C)NC(=O)[C@@H](Cc1ccccc1)N(Cc1ccccc1F)C(=O)CN(c1cccc([N+](=O)[O-])c1)S(C)(=O)=O. The van der Waals surface area contributed by atoms with E-state index in [9.17, 15) is 32.5 Å². The summed E-state index contributed by atoms with van der Waals surface area (Å²) < 4.78 is 41.2. The molecule has 0 heterocycles. The molecule has 0 aliphatic carbocycles. The van der Waals surface area contributed by atoms with E-state index in [4.69, 9.17) is 0 Å². The average molecular weight is 585 g/mol. The Balaban J connectivity index is 2.09. The molecule has 10 nitrogen and oxygen atoms in total. The fourth-order valence-electron chi connectivity index (χ4n) is 4.18. The van der Waals surface area contributed by atoms with Crippen LogP contribution in [0.1, 0.15) is 31.4 Å². The number of carbonyl (C=O) groups excluding carboxylic acids is 2. The number of rotatable bonds is 13. The Morgan fingerprint density at radius 3 is 2.29 bits per heavy atom. The van der Waals surface area contributed by atoms with E-state index in [2.05, 4.69) is 5.32 Å². The number of nitro groups is 1. The van der Waals surface area contributed by atoms with E-state index in [1.54, 1.807) is 30.3 Å². The number of benzene rings is 3. The number of hydrogen-bond donors (Lipinski definition) is 1. The van der Waals surface area contributed by atoms with Crippen molar-refractivity contribution in [1.29, 1.82) is 0 Å². The molecule has 0 aliphatic rings. The van der Waals surface area contributed by atoms with Crippen molar-refractivity contribution in [3.63, 3.8) is 0 Å². The van der Waals surface area contributed by atoms with Gasteiger partial charge in [0.1, 0.15) is 18.4 Å². The van der Waals surface area contributed by atoms with E-state index in [-0.39, 0.29) is 35.9 Å². The number of amides is 2. The van der Waals surface area contributed by atoms with Gasteiger partial charge in [-0.05, 0) is 31.0 Å². The van der Waals surface area contributed by atoms with Crippen molar-refractivity contribution >= 4 is 33.2 Å². The highest BCUT2D eigenvalue weighted by Gasteiger charge is 2.34. The first-order chi connectivity index (χ1) is 19.4. The molecule has 0 aromatic heterocycles. The molecular weight excluding hydrogens is 551 g/mol. The molecule has 0 radical (unpaired) electrons. The van der Waals surface area contributed by atoms with Crippen molar-refractivity contribution < 1.29 is 27.3 Å². The van der Waals surface area contributed by atoms with Crippen LogP contribution in [0, 0.1) is 15.9 Å². The fourth-order valence-corrected chi connectivity index (χ4v) is 5.02. The van der Waals surface area contributed by atoms with Crippen LogP contribution in [0.2, 0.25) is 0 Å². The Morgan fingerprint density at radius 1 is 1.02 bits per heavy atom. The van der Waals surface area contributed by atoms with Crippen LogP contribution in [0.4, 0.5) is 15.8 Å². The van der Waals surface area contributed by atoms with Crippen LogP contribution in [-0.2, 0) is 32.6 Å². The smallest absolute Gasteiger partial charge is 0.271 e. The van der Waals surface area contributed by atoms with E-state index in [0.717, 1.165) is 22.2 Å². The van der Waals surface area contributed by atoms with Crippen LogP contribution in [0.3, 0.4) is 0 Å². The number of hydrogen-bond acceptors (Lipinski definition) is 6. The van der Waals surface area contributed by atoms with Crippen LogP contribution in [0.5, 0.6) is 0 Å². The number of anilines is 1. The Morgan fingerprint density at radius 2 is 1.68 bits per heavy atom. The fraction of sp³-hybridized carbons (Fsp3) is 0.310. The van der Waals surface area contributed by atoms with Crippen molar-refractivity contribution in [3.8, 4) is 0 Å². The van der Waals surface area contributed by atoms with Gasteiger partial charge in [-0.25, -0.2) is 12.8 Å². The van der Waals surface area contributed by atoms with E-state index in [1.807, 2.05) is 19.9 Å². The van der Waals surface area contributed by atoms with Gasteiger partial charge >= 0.3 is 0 Å². The Hall–Kier alpha value is -4.32. The van der Waals surface area contributed by atoms with Crippen LogP contribution in [-0.4, -0.2) is 54.9 Å². The summed E-state index contributed by atoms with van der Waals surface area (Å²) in [6, 6.07) is 18.3. The van der Waals surface area contributed by atoms with Gasteiger partial charge in [-0.3, -0.25) is 24.0 Å². The first kappa shape index (κ1) is 31.2. The third kappa shape index (κ3) is 8.58. The van der Waals surface area contributed by atoms with Crippen molar-refractivity contribution in [1.82, 2.24) is 10.2 Å². The molecule has 0 fully saturated rings. The molecule has 2 atom stereocenters. The number of non-ortho nitro benzene ring substituents is 1. The van der Waals surface area contributed by atoms with E-state index >= 15 is 0 Å². The predicted molar refractivity (Wildman–Crippen MR) is 154 cm³/mol. The first-order valence-electron chi connectivity index (χ1n) is 13.0. The second-order valence-corrected chi connectivity index (χ2v) is 11.6. The quantitative estimate of drug-likeness (QED) is 0.238. The minimum Gasteiger partial charge on any atom is -0.352 e. The number of sulfonamides is 1. The van der Waals surface area contributed by atoms with Gasteiger partial charge < -0.3 is 10.2 Å². The van der Waals surface area contributed by atoms with Crippen LogP contribution >= 0.6 is 0 Å². The minimum absolute atomic E-state index is 0.0823. The number of nitro benzene ring substituents is 1. The molecule has 3 rings (SSSR count). The average Bonchev–Trinajstić information content (AvgIpc) is 2.94. The third-order valence-corrected chi connectivity index (χ3v) is 7.72. The molecule has 0 saturated heterocycles. The summed E-state index contributed by atoms with van der Waals surface area (Å²) >= 11 is 0. The van der Waals surface area contributed by atoms with Crippen LogP contribution in [0.15, 0.2) is 78.9 Å². The summed E-state index contributed by atoms with van der Waals surface area (Å²) in [6.07, 6.45) is 1.58. The molecule has 3 aromatic carbocycles. The Bertz CT molecular complexity index is 1490. The highest BCUT2D eigenvalue weighted by atomic mass is 32.2. The molecule has 3 aromatic rings. The lowest BCUT2D eigenvalue weighted by Crippen LogP contribution is -2.54. The van der Waals surface area contributed by atoms with Gasteiger partial charge in [0.05, 0.1) is 16.9 Å². The number of halogens is 1. The van der Waals surface area contributed by atoms with E-state index in [1.165, 1.54) is 41.3 Å². The van der Waals surface area contributed by atoms with Crippen molar-refractivity contribution in [3.05, 3.63) is 106 Å². The Kier molecular flexibility index (Phi) is 10.5. The zero-order valence-electron chi connectivity index (χ0n) is 23.1. The summed E-state index contributed by atoms with van der Waals surface area (Å²) in [5.41, 5.74) is 0.421. The zero-order valence-corrected chi connectivity index (χ0v) is 23.9. The summed E-state index contributed by atoms with van der Waals surface area (Å²) in [5, 5.41) is 14.2. The van der Waals surface area contributed by atoms with Gasteiger partial charge in [0, 0.05) is 36.7 Å². The molecular formula is C29H33FN4O6S. The minimum atomic E-state index is -4.11. The van der Waals surface area contributed by atoms with Gasteiger partial charge in [-0.15, -0.1) is 0 Å². The first-order valence-corrected chi connectivity index (χ1v) is 14.8. The molecule has 0 spiro atoms. The standard InChI is InChI=1S/C29H33FN4O6S/c1-4-21(2)31-29(36)27(17-22-11-6-5-7-12-22)32(19-23-13-8-9-16-26(23)30)28(35)20-33(41(3,39)40)24-14-10-15-25(18-24)34(37)38/h5-16,18,21,27H,4,17,19-20H2,1-3H3,(H,31,36)/t21-,27-/m1/s1. The molecule has 0 bridgehead atoms. The second-order valence-electron chi connectivity index (χ2n) is 9.68. The van der Waals surface area contributed by atoms with Gasteiger partial charge in [0.2, 0.25) is 21.8 Å². The molecule has 0 saturated carbocycles. The molecule has 41 heavy (non-hydrogen) atoms. The van der Waals surface area contributed by atoms with Crippen molar-refractivity contribution in [2.45, 2.75) is 45.3 Å². The molecule has 218 valence electrons. The molecule has 0 aliphatic heterocycles. The van der Waals surface area contributed by atoms with Crippen LogP contribution < -0.4 is 9.62 Å². The van der Waals surface area contributed by atoms with Gasteiger partial charge in [-0.2, -0.15) is 0 Å². The lowest BCUT2D eigenvalue weighted by atomic mass is 10.0. The molecule has 0 unspecified atom stereocenters. The van der Waals surface area contributed by atoms with Gasteiger partial charge in [0.25, 0.3) is 5.69 Å². The third-order valence-electron chi connectivity index (χ3n) is 6.58. The predicted octanol–water partition coefficient (Wildman–Crippen LogP) is 4.05. The maximum Gasteiger partial charge on any atom is 0.271 e. The summed E-state index contributed by atoms with van der Waals surface area (Å²) in [5.74, 6) is -1.86.